The molecule has 0 unspecified atom stereocenters. The van der Waals surface area contributed by atoms with E-state index in [1.807, 2.05) is 6.07 Å². The number of halogens is 1. The second kappa shape index (κ2) is 14.0. The molecule has 0 spiro atoms. The fourth-order valence-electron chi connectivity index (χ4n) is 5.12. The Labute approximate surface area is 238 Å². The first-order valence-corrected chi connectivity index (χ1v) is 14.0. The predicted octanol–water partition coefficient (Wildman–Crippen LogP) is 0.471. The minimum Gasteiger partial charge on any atom is -0.394 e. The second-order valence-corrected chi connectivity index (χ2v) is 10.8. The maximum absolute atomic E-state index is 13.8. The lowest BCUT2D eigenvalue weighted by molar-refractivity contribution is -0.138. The van der Waals surface area contributed by atoms with E-state index in [-0.39, 0.29) is 43.4 Å². The summed E-state index contributed by atoms with van der Waals surface area (Å²) in [6, 6.07) is 11.6. The molecule has 0 aromatic heterocycles. The lowest BCUT2D eigenvalue weighted by Gasteiger charge is -2.36. The molecule has 0 bridgehead atoms. The van der Waals surface area contributed by atoms with Crippen LogP contribution in [0.25, 0.3) is 0 Å². The molecule has 2 fully saturated rings. The summed E-state index contributed by atoms with van der Waals surface area (Å²) in [6.07, 6.45) is -2.61. The molecule has 3 amide bonds. The number of hydrogen-bond acceptors (Lipinski definition) is 7. The van der Waals surface area contributed by atoms with Crippen molar-refractivity contribution < 1.29 is 39.2 Å². The van der Waals surface area contributed by atoms with Gasteiger partial charge in [-0.1, -0.05) is 30.3 Å². The fraction of sp³-hybridized carbons (Fsp3) is 0.500. The van der Waals surface area contributed by atoms with Crippen LogP contribution in [-0.4, -0.2) is 105 Å². The van der Waals surface area contributed by atoms with Crippen molar-refractivity contribution >= 4 is 17.7 Å². The minimum atomic E-state index is -1.77. The molecule has 1 aliphatic carbocycles. The van der Waals surface area contributed by atoms with E-state index in [2.05, 4.69) is 5.32 Å². The Kier molecular flexibility index (Phi) is 10.4. The normalized spacial score (nSPS) is 26.7. The first kappa shape index (κ1) is 30.6. The summed E-state index contributed by atoms with van der Waals surface area (Å²) in [4.78, 5) is 43.3. The number of benzene rings is 2. The van der Waals surface area contributed by atoms with Crippen molar-refractivity contribution in [3.8, 4) is 0 Å². The van der Waals surface area contributed by atoms with Gasteiger partial charge in [0.2, 0.25) is 11.8 Å². The number of rotatable bonds is 5. The van der Waals surface area contributed by atoms with Crippen LogP contribution in [0.2, 0.25) is 0 Å². The molecule has 222 valence electrons. The summed E-state index contributed by atoms with van der Waals surface area (Å²) in [5.74, 6) is -1.98. The van der Waals surface area contributed by atoms with Gasteiger partial charge in [-0.3, -0.25) is 14.4 Å². The zero-order valence-electron chi connectivity index (χ0n) is 22.8. The number of carbonyl (C=O) groups is 3. The maximum atomic E-state index is 13.8. The number of nitrogens with one attached hydrogen (secondary N) is 1. The van der Waals surface area contributed by atoms with Crippen molar-refractivity contribution in [1.29, 1.82) is 0 Å². The van der Waals surface area contributed by atoms with E-state index in [0.717, 1.165) is 30.5 Å². The Hall–Kier alpha value is -3.38. The lowest BCUT2D eigenvalue weighted by atomic mass is 9.98. The van der Waals surface area contributed by atoms with Gasteiger partial charge in [0.15, 0.2) is 0 Å². The van der Waals surface area contributed by atoms with Crippen molar-refractivity contribution in [2.24, 2.45) is 5.92 Å². The van der Waals surface area contributed by atoms with Gasteiger partial charge in [-0.25, -0.2) is 4.39 Å². The summed E-state index contributed by atoms with van der Waals surface area (Å²) >= 11 is 0. The predicted molar refractivity (Wildman–Crippen MR) is 147 cm³/mol. The first-order valence-electron chi connectivity index (χ1n) is 14.0. The van der Waals surface area contributed by atoms with Gasteiger partial charge in [0.1, 0.15) is 30.2 Å². The third-order valence-corrected chi connectivity index (χ3v) is 7.71. The zero-order valence-corrected chi connectivity index (χ0v) is 22.8. The summed E-state index contributed by atoms with van der Waals surface area (Å²) in [5, 5.41) is 44.8. The number of carbonyl (C=O) groups excluding carboxylic acids is 3. The Morgan fingerprint density at radius 3 is 2.22 bits per heavy atom. The van der Waals surface area contributed by atoms with Crippen LogP contribution in [0.5, 0.6) is 0 Å². The van der Waals surface area contributed by atoms with Gasteiger partial charge in [-0.05, 0) is 55.5 Å². The summed E-state index contributed by atoms with van der Waals surface area (Å²) in [7, 11) is 0. The monoisotopic (exact) mass is 571 g/mol. The smallest absolute Gasteiger partial charge is 0.254 e. The number of hydrogen-bond donors (Lipinski definition) is 5. The van der Waals surface area contributed by atoms with Crippen molar-refractivity contribution in [1.82, 2.24) is 15.1 Å². The molecule has 10 nitrogen and oxygen atoms in total. The molecule has 4 rings (SSSR count). The molecule has 0 radical (unpaired) electrons. The molecule has 1 saturated carbocycles. The largest absolute Gasteiger partial charge is 0.394 e. The highest BCUT2D eigenvalue weighted by Crippen LogP contribution is 2.31. The van der Waals surface area contributed by atoms with Crippen molar-refractivity contribution in [3.63, 3.8) is 0 Å². The van der Waals surface area contributed by atoms with E-state index in [0.29, 0.717) is 12.8 Å². The Balaban J connectivity index is 1.69. The van der Waals surface area contributed by atoms with Gasteiger partial charge in [-0.2, -0.15) is 0 Å². The molecule has 5 atom stereocenters. The maximum Gasteiger partial charge on any atom is 0.254 e. The molecule has 1 aliphatic heterocycles. The molecule has 2 aromatic rings. The van der Waals surface area contributed by atoms with E-state index >= 15 is 0 Å². The standard InChI is InChI=1S/C30H38FN3O7/c31-22-12-10-21(11-13-22)30(41)34-15-5-4-14-33(29(40)20-8-9-20)17-25(36)27(38)26(37)23(18-35)32-28(39)24(34)16-19-6-2-1-3-7-19/h1-3,6-7,10-13,20,23-27,35-38H,4-5,8-9,14-18H2,(H,32,39)/t23-,24-,25-,26+,27+/m0/s1. The molecular weight excluding hydrogens is 533 g/mol. The fourth-order valence-corrected chi connectivity index (χ4v) is 5.12. The van der Waals surface area contributed by atoms with Crippen molar-refractivity contribution in [2.45, 2.75) is 62.5 Å². The highest BCUT2D eigenvalue weighted by atomic mass is 19.1. The van der Waals surface area contributed by atoms with Gasteiger partial charge in [0.25, 0.3) is 5.91 Å². The number of amides is 3. The van der Waals surface area contributed by atoms with Crippen LogP contribution < -0.4 is 5.32 Å². The molecule has 1 saturated heterocycles. The molecule has 41 heavy (non-hydrogen) atoms. The van der Waals surface area contributed by atoms with Crippen molar-refractivity contribution in [3.05, 3.63) is 71.5 Å². The Morgan fingerprint density at radius 2 is 1.59 bits per heavy atom. The highest BCUT2D eigenvalue weighted by Gasteiger charge is 2.39. The zero-order chi connectivity index (χ0) is 29.5. The van der Waals surface area contributed by atoms with E-state index in [1.54, 1.807) is 24.3 Å². The average molecular weight is 572 g/mol. The van der Waals surface area contributed by atoms with Crippen LogP contribution in [0.1, 0.15) is 41.6 Å². The van der Waals surface area contributed by atoms with E-state index in [1.165, 1.54) is 21.9 Å². The molecule has 5 N–H and O–H groups in total. The van der Waals surface area contributed by atoms with Crippen LogP contribution >= 0.6 is 0 Å². The number of aliphatic hydroxyl groups excluding tert-OH is 4. The van der Waals surface area contributed by atoms with Crippen LogP contribution in [0.15, 0.2) is 54.6 Å². The average Bonchev–Trinajstić information content (AvgIpc) is 3.83. The summed E-state index contributed by atoms with van der Waals surface area (Å²) in [5.41, 5.74) is 0.935. The van der Waals surface area contributed by atoms with Gasteiger partial charge < -0.3 is 35.5 Å². The van der Waals surface area contributed by atoms with Gasteiger partial charge in [0, 0.05) is 37.5 Å². The van der Waals surface area contributed by atoms with Crippen LogP contribution in [-0.2, 0) is 16.0 Å². The Bertz CT molecular complexity index is 1180. The van der Waals surface area contributed by atoms with Crippen LogP contribution in [0.4, 0.5) is 4.39 Å². The lowest BCUT2D eigenvalue weighted by Crippen LogP contribution is -2.60. The van der Waals surface area contributed by atoms with Crippen LogP contribution in [0.3, 0.4) is 0 Å². The number of β-amino-alcohol motifs (C(OH)–C–C–N with tert-alkyl or cyclic N) is 1. The van der Waals surface area contributed by atoms with Gasteiger partial charge in [-0.15, -0.1) is 0 Å². The summed E-state index contributed by atoms with van der Waals surface area (Å²) < 4.78 is 13.6. The number of nitrogens with zero attached hydrogens (tertiary/aromatic N) is 2. The third kappa shape index (κ3) is 7.88. The first-order chi connectivity index (χ1) is 19.7. The highest BCUT2D eigenvalue weighted by molar-refractivity contribution is 5.97. The molecule has 2 aromatic carbocycles. The molecule has 2 aliphatic rings. The third-order valence-electron chi connectivity index (χ3n) is 7.71. The topological polar surface area (TPSA) is 151 Å². The van der Waals surface area contributed by atoms with Crippen molar-refractivity contribution in [2.75, 3.05) is 26.2 Å². The minimum absolute atomic E-state index is 0.103. The number of aliphatic hydroxyl groups is 4. The van der Waals surface area contributed by atoms with E-state index in [9.17, 15) is 39.2 Å². The van der Waals surface area contributed by atoms with Gasteiger partial charge >= 0.3 is 0 Å². The van der Waals surface area contributed by atoms with E-state index < -0.39 is 54.6 Å². The quantitative estimate of drug-likeness (QED) is 0.350. The van der Waals surface area contributed by atoms with Crippen LogP contribution in [0, 0.1) is 11.7 Å². The van der Waals surface area contributed by atoms with Gasteiger partial charge in [0.05, 0.1) is 12.6 Å². The second-order valence-electron chi connectivity index (χ2n) is 10.8. The Morgan fingerprint density at radius 1 is 0.927 bits per heavy atom. The van der Waals surface area contributed by atoms with E-state index in [4.69, 9.17) is 0 Å². The molecular formula is C30H38FN3O7. The summed E-state index contributed by atoms with van der Waals surface area (Å²) in [6.45, 7) is -0.614. The SMILES string of the molecule is O=C1N[C@@H](CO)[C@@H](O)[C@H](O)[C@@H](O)CN(C(=O)C2CC2)CCCCN(C(=O)c2ccc(F)cc2)[C@H]1Cc1ccccc1. The molecule has 1 heterocycles. The molecule has 11 heteroatoms.